The molecule has 4 aliphatic rings. The Hall–Kier alpha value is -1.02. The van der Waals surface area contributed by atoms with Crippen LogP contribution in [0.4, 0.5) is 0 Å². The normalized spacial score (nSPS) is 32.1. The van der Waals surface area contributed by atoms with Crippen molar-refractivity contribution in [2.24, 2.45) is 17.8 Å². The minimum absolute atomic E-state index is 0.156. The van der Waals surface area contributed by atoms with Crippen LogP contribution in [0.5, 0.6) is 0 Å². The summed E-state index contributed by atoms with van der Waals surface area (Å²) < 4.78 is 5.94. The SMILES string of the molecule is CCC(C)(C)c1ccccc1.CCC(C)(Cl)C(=O)OC12CC3CC(CC(C3)C1)C2. The summed E-state index contributed by atoms with van der Waals surface area (Å²) in [5, 5.41) is 0. The molecule has 0 heterocycles. The number of esters is 1. The van der Waals surface area contributed by atoms with Gasteiger partial charge < -0.3 is 4.74 Å². The van der Waals surface area contributed by atoms with Gasteiger partial charge in [-0.2, -0.15) is 0 Å². The molecule has 1 atom stereocenters. The summed E-state index contributed by atoms with van der Waals surface area (Å²) in [5.41, 5.74) is 1.61. The highest BCUT2D eigenvalue weighted by molar-refractivity contribution is 6.33. The Bertz CT molecular complexity index is 657. The lowest BCUT2D eigenvalue weighted by Crippen LogP contribution is -2.54. The number of ether oxygens (including phenoxy) is 1. The minimum Gasteiger partial charge on any atom is -0.458 e. The molecule has 4 aliphatic carbocycles. The van der Waals surface area contributed by atoms with E-state index < -0.39 is 4.87 Å². The van der Waals surface area contributed by atoms with E-state index in [9.17, 15) is 4.79 Å². The number of carbonyl (C=O) groups is 1. The van der Waals surface area contributed by atoms with E-state index in [0.29, 0.717) is 11.8 Å². The molecule has 1 aromatic rings. The predicted molar refractivity (Wildman–Crippen MR) is 121 cm³/mol. The average Bonchev–Trinajstić information content (AvgIpc) is 2.67. The molecule has 0 saturated heterocycles. The second-order valence-corrected chi connectivity index (χ2v) is 11.5. The highest BCUT2D eigenvalue weighted by Crippen LogP contribution is 2.57. The molecule has 0 amide bonds. The van der Waals surface area contributed by atoms with Crippen molar-refractivity contribution in [3.8, 4) is 0 Å². The number of benzene rings is 1. The van der Waals surface area contributed by atoms with Gasteiger partial charge >= 0.3 is 5.97 Å². The fourth-order valence-corrected chi connectivity index (χ4v) is 5.74. The first-order chi connectivity index (χ1) is 13.6. The van der Waals surface area contributed by atoms with E-state index in [1.165, 1.54) is 31.2 Å². The number of carbonyl (C=O) groups excluding carboxylic acids is 1. The fraction of sp³-hybridized carbons (Fsp3) is 0.731. The van der Waals surface area contributed by atoms with Crippen molar-refractivity contribution in [3.63, 3.8) is 0 Å². The van der Waals surface area contributed by atoms with Crippen molar-refractivity contribution in [3.05, 3.63) is 35.9 Å². The average molecular weight is 419 g/mol. The van der Waals surface area contributed by atoms with Gasteiger partial charge in [-0.15, -0.1) is 11.6 Å². The third kappa shape index (κ3) is 5.19. The first-order valence-corrected chi connectivity index (χ1v) is 11.9. The van der Waals surface area contributed by atoms with Crippen LogP contribution in [-0.2, 0) is 14.9 Å². The summed E-state index contributed by atoms with van der Waals surface area (Å²) in [6.45, 7) is 10.5. The molecule has 1 aromatic carbocycles. The molecule has 2 nitrogen and oxygen atoms in total. The maximum Gasteiger partial charge on any atom is 0.327 e. The third-order valence-corrected chi connectivity index (χ3v) is 8.24. The van der Waals surface area contributed by atoms with Crippen molar-refractivity contribution in [1.29, 1.82) is 0 Å². The van der Waals surface area contributed by atoms with Crippen molar-refractivity contribution in [2.45, 2.75) is 102 Å². The lowest BCUT2D eigenvalue weighted by molar-refractivity contribution is -0.189. The van der Waals surface area contributed by atoms with E-state index in [4.69, 9.17) is 16.3 Å². The highest BCUT2D eigenvalue weighted by atomic mass is 35.5. The summed E-state index contributed by atoms with van der Waals surface area (Å²) in [7, 11) is 0. The van der Waals surface area contributed by atoms with Crippen LogP contribution in [0.2, 0.25) is 0 Å². The second kappa shape index (κ2) is 8.61. The largest absolute Gasteiger partial charge is 0.458 e. The Morgan fingerprint density at radius 1 is 0.966 bits per heavy atom. The zero-order valence-corrected chi connectivity index (χ0v) is 19.7. The summed E-state index contributed by atoms with van der Waals surface area (Å²) in [4.78, 5) is 11.4. The highest BCUT2D eigenvalue weighted by Gasteiger charge is 2.54. The molecule has 162 valence electrons. The molecular weight excluding hydrogens is 380 g/mol. The molecule has 0 aliphatic heterocycles. The quantitative estimate of drug-likeness (QED) is 0.371. The zero-order valence-electron chi connectivity index (χ0n) is 19.0. The molecule has 4 bridgehead atoms. The predicted octanol–water partition coefficient (Wildman–Crippen LogP) is 7.28. The minimum atomic E-state index is -0.844. The van der Waals surface area contributed by atoms with Gasteiger partial charge in [0.2, 0.25) is 0 Å². The Labute approximate surface area is 182 Å². The molecule has 29 heavy (non-hydrogen) atoms. The third-order valence-electron chi connectivity index (χ3n) is 7.82. The van der Waals surface area contributed by atoms with Crippen LogP contribution in [0.15, 0.2) is 30.3 Å². The molecule has 0 spiro atoms. The number of halogens is 1. The topological polar surface area (TPSA) is 26.3 Å². The molecule has 4 saturated carbocycles. The van der Waals surface area contributed by atoms with E-state index >= 15 is 0 Å². The maximum atomic E-state index is 12.2. The second-order valence-electron chi connectivity index (χ2n) is 10.6. The molecule has 1 unspecified atom stereocenters. The number of rotatable bonds is 5. The summed E-state index contributed by atoms with van der Waals surface area (Å²) in [6, 6.07) is 10.7. The first kappa shape index (κ1) is 22.7. The van der Waals surface area contributed by atoms with Gasteiger partial charge in [0, 0.05) is 0 Å². The molecule has 0 aromatic heterocycles. The van der Waals surface area contributed by atoms with Crippen molar-refractivity contribution < 1.29 is 9.53 Å². The summed E-state index contributed by atoms with van der Waals surface area (Å²) in [6.07, 6.45) is 9.16. The molecule has 0 N–H and O–H groups in total. The number of hydrogen-bond acceptors (Lipinski definition) is 2. The Balaban J connectivity index is 0.000000188. The molecule has 5 rings (SSSR count). The van der Waals surface area contributed by atoms with E-state index in [1.807, 2.05) is 6.92 Å². The molecule has 3 heteroatoms. The van der Waals surface area contributed by atoms with Crippen molar-refractivity contribution in [1.82, 2.24) is 0 Å². The van der Waals surface area contributed by atoms with Gasteiger partial charge in [-0.05, 0) is 87.0 Å². The lowest BCUT2D eigenvalue weighted by Gasteiger charge is -2.56. The van der Waals surface area contributed by atoms with Gasteiger partial charge in [-0.1, -0.05) is 58.0 Å². The van der Waals surface area contributed by atoms with Crippen LogP contribution in [0.25, 0.3) is 0 Å². The van der Waals surface area contributed by atoms with Crippen LogP contribution < -0.4 is 0 Å². The first-order valence-electron chi connectivity index (χ1n) is 11.6. The van der Waals surface area contributed by atoms with Crippen LogP contribution in [-0.4, -0.2) is 16.4 Å². The van der Waals surface area contributed by atoms with E-state index in [1.54, 1.807) is 6.92 Å². The maximum absolute atomic E-state index is 12.2. The smallest absolute Gasteiger partial charge is 0.327 e. The molecule has 0 radical (unpaired) electrons. The van der Waals surface area contributed by atoms with E-state index in [2.05, 4.69) is 51.1 Å². The summed E-state index contributed by atoms with van der Waals surface area (Å²) >= 11 is 6.24. The zero-order chi connectivity index (χ0) is 21.3. The Kier molecular flexibility index (Phi) is 6.73. The monoisotopic (exact) mass is 418 g/mol. The van der Waals surface area contributed by atoms with E-state index in [0.717, 1.165) is 37.0 Å². The van der Waals surface area contributed by atoms with Crippen LogP contribution in [0, 0.1) is 17.8 Å². The van der Waals surface area contributed by atoms with Gasteiger partial charge in [0.25, 0.3) is 0 Å². The van der Waals surface area contributed by atoms with Crippen molar-refractivity contribution >= 4 is 17.6 Å². The molecule has 4 fully saturated rings. The van der Waals surface area contributed by atoms with Gasteiger partial charge in [0.1, 0.15) is 10.5 Å². The Morgan fingerprint density at radius 3 is 1.86 bits per heavy atom. The summed E-state index contributed by atoms with van der Waals surface area (Å²) in [5.74, 6) is 2.19. The fourth-order valence-electron chi connectivity index (χ4n) is 5.70. The molecular formula is C26H39ClO2. The van der Waals surface area contributed by atoms with Crippen molar-refractivity contribution in [2.75, 3.05) is 0 Å². The Morgan fingerprint density at radius 2 is 1.45 bits per heavy atom. The van der Waals surface area contributed by atoms with Crippen LogP contribution in [0.1, 0.15) is 91.5 Å². The number of alkyl halides is 1. The lowest BCUT2D eigenvalue weighted by atomic mass is 9.54. The van der Waals surface area contributed by atoms with Crippen LogP contribution in [0.3, 0.4) is 0 Å². The number of hydrogen-bond donors (Lipinski definition) is 0. The standard InChI is InChI=1S/C15H23ClO2.C11H16/c1-3-14(2,16)13(17)18-15-7-10-4-11(8-15)6-12(5-10)9-15;1-4-11(2,3)10-8-6-5-7-9-10/h10-12H,3-9H2,1-2H3;5-9H,4H2,1-3H3. The van der Waals surface area contributed by atoms with Gasteiger partial charge in [-0.25, -0.2) is 0 Å². The van der Waals surface area contributed by atoms with E-state index in [-0.39, 0.29) is 11.6 Å². The van der Waals surface area contributed by atoms with Crippen LogP contribution >= 0.6 is 11.6 Å². The van der Waals surface area contributed by atoms with Gasteiger partial charge in [-0.3, -0.25) is 4.79 Å². The van der Waals surface area contributed by atoms with Gasteiger partial charge in [0.15, 0.2) is 0 Å². The van der Waals surface area contributed by atoms with Gasteiger partial charge in [0.05, 0.1) is 0 Å².